The zero-order chi connectivity index (χ0) is 23.2. The highest BCUT2D eigenvalue weighted by Crippen LogP contribution is 2.15. The van der Waals surface area contributed by atoms with E-state index in [1.54, 1.807) is 12.1 Å². The summed E-state index contributed by atoms with van der Waals surface area (Å²) in [7, 11) is 0. The van der Waals surface area contributed by atoms with Gasteiger partial charge in [-0.25, -0.2) is 4.99 Å². The van der Waals surface area contributed by atoms with E-state index in [4.69, 9.17) is 10.5 Å². The molecule has 0 fully saturated rings. The van der Waals surface area contributed by atoms with Gasteiger partial charge < -0.3 is 26.4 Å². The first-order valence-electron chi connectivity index (χ1n) is 10.8. The predicted octanol–water partition coefficient (Wildman–Crippen LogP) is 2.12. The molecular weight excluding hydrogens is 406 g/mol. The normalized spacial score (nSPS) is 12.1. The molecule has 0 bridgehead atoms. The molecule has 0 heterocycles. The lowest BCUT2D eigenvalue weighted by molar-refractivity contribution is -0.117. The molecule has 8 nitrogen and oxygen atoms in total. The summed E-state index contributed by atoms with van der Waals surface area (Å²) in [5, 5.41) is 9.00. The topological polar surface area (TPSA) is 118 Å². The zero-order valence-corrected chi connectivity index (χ0v) is 18.8. The summed E-state index contributed by atoms with van der Waals surface area (Å²) in [5.74, 6) is -0.186. The Morgan fingerprint density at radius 2 is 1.75 bits per heavy atom. The summed E-state index contributed by atoms with van der Waals surface area (Å²) in [4.78, 5) is 27.3. The van der Waals surface area contributed by atoms with Crippen LogP contribution >= 0.6 is 0 Å². The van der Waals surface area contributed by atoms with Crippen LogP contribution < -0.4 is 21.7 Å². The van der Waals surface area contributed by atoms with Crippen LogP contribution in [-0.2, 0) is 16.1 Å². The summed E-state index contributed by atoms with van der Waals surface area (Å²) < 4.78 is 5.90. The van der Waals surface area contributed by atoms with E-state index in [0.717, 1.165) is 31.0 Å². The van der Waals surface area contributed by atoms with E-state index in [0.29, 0.717) is 18.7 Å². The molecule has 0 radical (unpaired) electrons. The third-order valence-electron chi connectivity index (χ3n) is 4.65. The number of benzene rings is 2. The Labute approximate surface area is 189 Å². The molecule has 0 aliphatic carbocycles. The number of nitrogens with zero attached hydrogens (tertiary/aromatic N) is 1. The summed E-state index contributed by atoms with van der Waals surface area (Å²) in [6, 6.07) is 17.2. The minimum absolute atomic E-state index is 0.0685. The first kappa shape index (κ1) is 24.9. The zero-order valence-electron chi connectivity index (χ0n) is 18.8. The monoisotopic (exact) mass is 439 g/mol. The highest BCUT2D eigenvalue weighted by molar-refractivity contribution is 5.96. The summed E-state index contributed by atoms with van der Waals surface area (Å²) in [6.07, 6.45) is 0.926. The van der Waals surface area contributed by atoms with Crippen LogP contribution in [0.25, 0.3) is 0 Å². The van der Waals surface area contributed by atoms with Crippen molar-refractivity contribution in [2.24, 2.45) is 10.7 Å². The van der Waals surface area contributed by atoms with Crippen LogP contribution in [0.2, 0.25) is 0 Å². The molecule has 8 heteroatoms. The summed E-state index contributed by atoms with van der Waals surface area (Å²) in [6.45, 7) is 6.52. The van der Waals surface area contributed by atoms with E-state index in [2.05, 4.69) is 40.0 Å². The second kappa shape index (κ2) is 13.8. The smallest absolute Gasteiger partial charge is 0.251 e. The van der Waals surface area contributed by atoms with Crippen LogP contribution in [-0.4, -0.2) is 44.0 Å². The highest BCUT2D eigenvalue weighted by atomic mass is 16.5. The van der Waals surface area contributed by atoms with E-state index >= 15 is 0 Å². The Kier molecular flexibility index (Phi) is 10.7. The molecule has 2 aromatic carbocycles. The van der Waals surface area contributed by atoms with Crippen molar-refractivity contribution in [1.29, 1.82) is 0 Å². The third kappa shape index (κ3) is 9.18. The quantitative estimate of drug-likeness (QED) is 0.230. The number of hydrogen-bond donors (Lipinski definition) is 4. The predicted molar refractivity (Wildman–Crippen MR) is 126 cm³/mol. The van der Waals surface area contributed by atoms with Crippen LogP contribution in [0.5, 0.6) is 0 Å². The Hall–Kier alpha value is -3.39. The Morgan fingerprint density at radius 3 is 2.41 bits per heavy atom. The number of amides is 2. The Morgan fingerprint density at radius 1 is 1.03 bits per heavy atom. The van der Waals surface area contributed by atoms with Gasteiger partial charge >= 0.3 is 0 Å². The standard InChI is InChI=1S/C24H33N5O3/c1-3-26-24(27-14-7-15-32-18(2)20-8-5-4-6-9-20)29-16-19-10-12-21(13-11-19)23(31)28-17-22(25)30/h4-6,8-13,18H,3,7,14-17H2,1-2H3,(H2,25,30)(H,28,31)(H2,26,27,29). The molecule has 2 aromatic rings. The maximum atomic E-state index is 11.9. The number of hydrogen-bond acceptors (Lipinski definition) is 4. The molecule has 0 saturated heterocycles. The van der Waals surface area contributed by atoms with Gasteiger partial charge in [-0.1, -0.05) is 42.5 Å². The van der Waals surface area contributed by atoms with Crippen LogP contribution in [0.4, 0.5) is 0 Å². The van der Waals surface area contributed by atoms with Gasteiger partial charge in [0.2, 0.25) is 5.91 Å². The van der Waals surface area contributed by atoms with Gasteiger partial charge in [0, 0.05) is 25.3 Å². The summed E-state index contributed by atoms with van der Waals surface area (Å²) in [5.41, 5.74) is 7.64. The minimum Gasteiger partial charge on any atom is -0.374 e. The number of carbonyl (C=O) groups is 2. The summed E-state index contributed by atoms with van der Waals surface area (Å²) >= 11 is 0. The molecule has 2 amide bonds. The lowest BCUT2D eigenvalue weighted by atomic mass is 10.1. The van der Waals surface area contributed by atoms with Gasteiger partial charge in [-0.3, -0.25) is 9.59 Å². The first-order chi connectivity index (χ1) is 15.5. The fraction of sp³-hybridized carbons (Fsp3) is 0.375. The van der Waals surface area contributed by atoms with Crippen molar-refractivity contribution in [1.82, 2.24) is 16.0 Å². The van der Waals surface area contributed by atoms with Gasteiger partial charge in [0.1, 0.15) is 0 Å². The molecular formula is C24H33N5O3. The van der Waals surface area contributed by atoms with Crippen molar-refractivity contribution in [3.05, 3.63) is 71.3 Å². The number of carbonyl (C=O) groups excluding carboxylic acids is 2. The van der Waals surface area contributed by atoms with Gasteiger partial charge in [0.05, 0.1) is 19.2 Å². The fourth-order valence-corrected chi connectivity index (χ4v) is 2.90. The molecule has 1 atom stereocenters. The Bertz CT molecular complexity index is 869. The van der Waals surface area contributed by atoms with Gasteiger partial charge in [0.15, 0.2) is 5.96 Å². The van der Waals surface area contributed by atoms with Crippen molar-refractivity contribution >= 4 is 17.8 Å². The number of nitrogens with one attached hydrogen (secondary N) is 3. The second-order valence-corrected chi connectivity index (χ2v) is 7.25. The molecule has 2 rings (SSSR count). The fourth-order valence-electron chi connectivity index (χ4n) is 2.90. The second-order valence-electron chi connectivity index (χ2n) is 7.25. The third-order valence-corrected chi connectivity index (χ3v) is 4.65. The van der Waals surface area contributed by atoms with Crippen molar-refractivity contribution in [3.8, 4) is 0 Å². The van der Waals surface area contributed by atoms with E-state index in [1.807, 2.05) is 37.3 Å². The number of aliphatic imine (C=N–C) groups is 1. The number of nitrogens with two attached hydrogens (primary N) is 1. The van der Waals surface area contributed by atoms with E-state index in [-0.39, 0.29) is 18.6 Å². The maximum absolute atomic E-state index is 11.9. The van der Waals surface area contributed by atoms with Crippen molar-refractivity contribution in [2.45, 2.75) is 32.9 Å². The van der Waals surface area contributed by atoms with Gasteiger partial charge in [-0.05, 0) is 43.5 Å². The lowest BCUT2D eigenvalue weighted by Gasteiger charge is -2.14. The number of ether oxygens (including phenoxy) is 1. The minimum atomic E-state index is -0.579. The van der Waals surface area contributed by atoms with Crippen LogP contribution in [0, 0.1) is 0 Å². The van der Waals surface area contributed by atoms with Gasteiger partial charge in [-0.15, -0.1) is 0 Å². The maximum Gasteiger partial charge on any atom is 0.251 e. The van der Waals surface area contributed by atoms with E-state index in [1.165, 1.54) is 5.56 Å². The van der Waals surface area contributed by atoms with Gasteiger partial charge in [0.25, 0.3) is 5.91 Å². The lowest BCUT2D eigenvalue weighted by Crippen LogP contribution is -2.38. The molecule has 0 aromatic heterocycles. The average Bonchev–Trinajstić information content (AvgIpc) is 2.81. The van der Waals surface area contributed by atoms with Gasteiger partial charge in [-0.2, -0.15) is 0 Å². The van der Waals surface area contributed by atoms with Crippen molar-refractivity contribution < 1.29 is 14.3 Å². The molecule has 1 unspecified atom stereocenters. The average molecular weight is 440 g/mol. The van der Waals surface area contributed by atoms with Crippen molar-refractivity contribution in [3.63, 3.8) is 0 Å². The number of guanidine groups is 1. The number of rotatable bonds is 12. The van der Waals surface area contributed by atoms with Crippen molar-refractivity contribution in [2.75, 3.05) is 26.2 Å². The molecule has 0 spiro atoms. The molecule has 5 N–H and O–H groups in total. The van der Waals surface area contributed by atoms with Crippen LogP contribution in [0.3, 0.4) is 0 Å². The molecule has 0 aliphatic heterocycles. The van der Waals surface area contributed by atoms with E-state index in [9.17, 15) is 9.59 Å². The largest absolute Gasteiger partial charge is 0.374 e. The molecule has 172 valence electrons. The molecule has 0 aliphatic rings. The van der Waals surface area contributed by atoms with Crippen LogP contribution in [0.1, 0.15) is 47.9 Å². The molecule has 32 heavy (non-hydrogen) atoms. The number of primary amides is 1. The Balaban J connectivity index is 1.76. The highest BCUT2D eigenvalue weighted by Gasteiger charge is 2.07. The van der Waals surface area contributed by atoms with E-state index < -0.39 is 5.91 Å². The first-order valence-corrected chi connectivity index (χ1v) is 10.8. The molecule has 0 saturated carbocycles. The van der Waals surface area contributed by atoms with Crippen LogP contribution in [0.15, 0.2) is 59.6 Å². The SMILES string of the molecule is CCNC(=NCc1ccc(C(=O)NCC(N)=O)cc1)NCCCOC(C)c1ccccc1.